The number of benzene rings is 2. The number of ether oxygens (including phenoxy) is 2. The largest absolute Gasteiger partial charge is 0.493 e. The fraction of sp³-hybridized carbons (Fsp3) is 0.217. The number of methoxy groups -OCH3 is 1. The first-order chi connectivity index (χ1) is 13.9. The van der Waals surface area contributed by atoms with Crippen LogP contribution in [0.3, 0.4) is 0 Å². The van der Waals surface area contributed by atoms with Gasteiger partial charge in [-0.2, -0.15) is 0 Å². The minimum Gasteiger partial charge on any atom is -0.493 e. The second kappa shape index (κ2) is 10.7. The molecular formula is C23H26N2O4. The summed E-state index contributed by atoms with van der Waals surface area (Å²) in [6, 6.07) is 12.2. The van der Waals surface area contributed by atoms with Crippen LogP contribution in [0.4, 0.5) is 5.69 Å². The third-order valence-corrected chi connectivity index (χ3v) is 3.81. The van der Waals surface area contributed by atoms with Crippen LogP contribution in [0, 0.1) is 0 Å². The van der Waals surface area contributed by atoms with Crippen molar-refractivity contribution < 1.29 is 19.1 Å². The van der Waals surface area contributed by atoms with Gasteiger partial charge in [-0.3, -0.25) is 9.59 Å². The van der Waals surface area contributed by atoms with Gasteiger partial charge < -0.3 is 20.1 Å². The molecule has 0 aromatic heterocycles. The van der Waals surface area contributed by atoms with E-state index in [1.807, 2.05) is 19.9 Å². The Morgan fingerprint density at radius 2 is 1.83 bits per heavy atom. The normalized spacial score (nSPS) is 10.6. The molecule has 0 aliphatic heterocycles. The third kappa shape index (κ3) is 6.84. The van der Waals surface area contributed by atoms with E-state index < -0.39 is 0 Å². The summed E-state index contributed by atoms with van der Waals surface area (Å²) < 4.78 is 10.8. The molecule has 0 aliphatic rings. The van der Waals surface area contributed by atoms with Crippen LogP contribution in [0.2, 0.25) is 0 Å². The molecule has 0 fully saturated rings. The highest BCUT2D eigenvalue weighted by molar-refractivity contribution is 6.02. The maximum Gasteiger partial charge on any atom is 0.251 e. The van der Waals surface area contributed by atoms with E-state index in [0.29, 0.717) is 29.4 Å². The molecule has 0 radical (unpaired) electrons. The van der Waals surface area contributed by atoms with Gasteiger partial charge in [-0.15, -0.1) is 0 Å². The molecule has 2 amide bonds. The van der Waals surface area contributed by atoms with Crippen molar-refractivity contribution >= 4 is 23.6 Å². The molecule has 2 aromatic carbocycles. The van der Waals surface area contributed by atoms with Gasteiger partial charge in [0, 0.05) is 23.4 Å². The lowest BCUT2D eigenvalue weighted by Crippen LogP contribution is -2.29. The Morgan fingerprint density at radius 1 is 1.10 bits per heavy atom. The van der Waals surface area contributed by atoms with E-state index in [2.05, 4.69) is 17.2 Å². The van der Waals surface area contributed by atoms with Crippen molar-refractivity contribution in [3.8, 4) is 11.5 Å². The van der Waals surface area contributed by atoms with Crippen molar-refractivity contribution in [1.82, 2.24) is 5.32 Å². The molecule has 0 atom stereocenters. The quantitative estimate of drug-likeness (QED) is 0.497. The second-order valence-corrected chi connectivity index (χ2v) is 6.54. The van der Waals surface area contributed by atoms with Gasteiger partial charge in [0.2, 0.25) is 5.91 Å². The average Bonchev–Trinajstić information content (AvgIpc) is 2.71. The molecule has 2 rings (SSSR count). The molecule has 0 heterocycles. The lowest BCUT2D eigenvalue weighted by Gasteiger charge is -2.10. The molecule has 2 aromatic rings. The predicted molar refractivity (Wildman–Crippen MR) is 115 cm³/mol. The summed E-state index contributed by atoms with van der Waals surface area (Å²) in [5.41, 5.74) is 1.94. The Bertz CT molecular complexity index is 886. The Morgan fingerprint density at radius 3 is 2.45 bits per heavy atom. The van der Waals surface area contributed by atoms with Crippen molar-refractivity contribution in [1.29, 1.82) is 0 Å². The first-order valence-corrected chi connectivity index (χ1v) is 9.24. The fourth-order valence-electron chi connectivity index (χ4n) is 2.46. The Balaban J connectivity index is 1.98. The van der Waals surface area contributed by atoms with E-state index in [9.17, 15) is 9.59 Å². The Hall–Kier alpha value is -3.54. The first kappa shape index (κ1) is 21.8. The number of anilines is 1. The van der Waals surface area contributed by atoms with E-state index in [-0.39, 0.29) is 17.9 Å². The maximum atomic E-state index is 12.2. The standard InChI is InChI=1S/C23H26N2O4/c1-5-14-29-20-12-6-17(15-21(20)28-4)7-13-22(26)25-19-10-8-18(9-11-19)23(27)24-16(2)3/h5-13,15-16H,1,14H2,2-4H3,(H,24,27)(H,25,26). The van der Waals surface area contributed by atoms with Crippen LogP contribution in [-0.2, 0) is 4.79 Å². The monoisotopic (exact) mass is 394 g/mol. The first-order valence-electron chi connectivity index (χ1n) is 9.24. The predicted octanol–water partition coefficient (Wildman–Crippen LogP) is 4.05. The summed E-state index contributed by atoms with van der Waals surface area (Å²) in [7, 11) is 1.56. The van der Waals surface area contributed by atoms with Crippen LogP contribution in [-0.4, -0.2) is 31.6 Å². The molecule has 0 saturated carbocycles. The van der Waals surface area contributed by atoms with Crippen molar-refractivity contribution in [2.24, 2.45) is 0 Å². The summed E-state index contributed by atoms with van der Waals surface area (Å²) in [5.74, 6) is 0.753. The molecule has 6 nitrogen and oxygen atoms in total. The Labute approximate surface area is 171 Å². The summed E-state index contributed by atoms with van der Waals surface area (Å²) in [6.45, 7) is 7.79. The summed E-state index contributed by atoms with van der Waals surface area (Å²) in [5, 5.41) is 5.58. The van der Waals surface area contributed by atoms with Gasteiger partial charge in [-0.1, -0.05) is 18.7 Å². The van der Waals surface area contributed by atoms with Crippen LogP contribution in [0.5, 0.6) is 11.5 Å². The number of rotatable bonds is 9. The third-order valence-electron chi connectivity index (χ3n) is 3.81. The van der Waals surface area contributed by atoms with Crippen LogP contribution in [0.15, 0.2) is 61.2 Å². The zero-order valence-electron chi connectivity index (χ0n) is 16.9. The molecule has 0 unspecified atom stereocenters. The highest BCUT2D eigenvalue weighted by Crippen LogP contribution is 2.28. The van der Waals surface area contributed by atoms with Gasteiger partial charge >= 0.3 is 0 Å². The van der Waals surface area contributed by atoms with Crippen LogP contribution in [0.25, 0.3) is 6.08 Å². The molecule has 6 heteroatoms. The van der Waals surface area contributed by atoms with E-state index in [1.165, 1.54) is 6.08 Å². The summed E-state index contributed by atoms with van der Waals surface area (Å²) >= 11 is 0. The molecule has 0 bridgehead atoms. The van der Waals surface area contributed by atoms with Crippen molar-refractivity contribution in [3.05, 3.63) is 72.3 Å². The number of nitrogens with one attached hydrogen (secondary N) is 2. The lowest BCUT2D eigenvalue weighted by atomic mass is 10.1. The SMILES string of the molecule is C=CCOc1ccc(C=CC(=O)Nc2ccc(C(=O)NC(C)C)cc2)cc1OC. The molecule has 2 N–H and O–H groups in total. The summed E-state index contributed by atoms with van der Waals surface area (Å²) in [4.78, 5) is 24.1. The number of amides is 2. The van der Waals surface area contributed by atoms with E-state index >= 15 is 0 Å². The van der Waals surface area contributed by atoms with Crippen LogP contribution >= 0.6 is 0 Å². The highest BCUT2D eigenvalue weighted by atomic mass is 16.5. The number of hydrogen-bond donors (Lipinski definition) is 2. The van der Waals surface area contributed by atoms with Gasteiger partial charge in [0.15, 0.2) is 11.5 Å². The van der Waals surface area contributed by atoms with Gasteiger partial charge in [-0.05, 0) is 61.9 Å². The average molecular weight is 394 g/mol. The molecule has 152 valence electrons. The van der Waals surface area contributed by atoms with Gasteiger partial charge in [0.05, 0.1) is 7.11 Å². The van der Waals surface area contributed by atoms with E-state index in [1.54, 1.807) is 55.7 Å². The number of carbonyl (C=O) groups excluding carboxylic acids is 2. The number of carbonyl (C=O) groups is 2. The van der Waals surface area contributed by atoms with E-state index in [4.69, 9.17) is 9.47 Å². The van der Waals surface area contributed by atoms with E-state index in [0.717, 1.165) is 5.56 Å². The zero-order valence-corrected chi connectivity index (χ0v) is 16.9. The van der Waals surface area contributed by atoms with Crippen molar-refractivity contribution in [3.63, 3.8) is 0 Å². The van der Waals surface area contributed by atoms with Crippen LogP contribution < -0.4 is 20.1 Å². The fourth-order valence-corrected chi connectivity index (χ4v) is 2.46. The van der Waals surface area contributed by atoms with Gasteiger partial charge in [-0.25, -0.2) is 0 Å². The molecular weight excluding hydrogens is 368 g/mol. The Kier molecular flexibility index (Phi) is 8.03. The zero-order chi connectivity index (χ0) is 21.2. The van der Waals surface area contributed by atoms with Gasteiger partial charge in [0.25, 0.3) is 5.91 Å². The maximum absolute atomic E-state index is 12.2. The number of hydrogen-bond acceptors (Lipinski definition) is 4. The van der Waals surface area contributed by atoms with Crippen LogP contribution in [0.1, 0.15) is 29.8 Å². The smallest absolute Gasteiger partial charge is 0.251 e. The minimum absolute atomic E-state index is 0.0632. The summed E-state index contributed by atoms with van der Waals surface area (Å²) in [6.07, 6.45) is 4.76. The second-order valence-electron chi connectivity index (χ2n) is 6.54. The lowest BCUT2D eigenvalue weighted by molar-refractivity contribution is -0.111. The minimum atomic E-state index is -0.282. The molecule has 0 saturated heterocycles. The highest BCUT2D eigenvalue weighted by Gasteiger charge is 2.07. The topological polar surface area (TPSA) is 76.7 Å². The van der Waals surface area contributed by atoms with Crippen molar-refractivity contribution in [2.45, 2.75) is 19.9 Å². The molecule has 29 heavy (non-hydrogen) atoms. The van der Waals surface area contributed by atoms with Crippen molar-refractivity contribution in [2.75, 3.05) is 19.0 Å². The molecule has 0 spiro atoms. The molecule has 0 aliphatic carbocycles. The van der Waals surface area contributed by atoms with Gasteiger partial charge in [0.1, 0.15) is 6.61 Å².